The van der Waals surface area contributed by atoms with Crippen molar-refractivity contribution >= 4 is 5.91 Å². The minimum Gasteiger partial charge on any atom is -0.382 e. The summed E-state index contributed by atoms with van der Waals surface area (Å²) in [5.74, 6) is 0.720. The topological polar surface area (TPSA) is 73.6 Å². The largest absolute Gasteiger partial charge is 0.382 e. The molecule has 0 aromatic rings. The van der Waals surface area contributed by atoms with Crippen molar-refractivity contribution in [1.82, 2.24) is 5.32 Å². The molecule has 5 heteroatoms. The molecule has 1 fully saturated rings. The third kappa shape index (κ3) is 8.51. The average molecular weight is 286 g/mol. The molecule has 0 saturated heterocycles. The zero-order chi connectivity index (χ0) is 14.6. The SMILES string of the molecule is COCCOCCCCNC(=O)CC1CCC(N)CC1. The molecule has 118 valence electrons. The predicted molar refractivity (Wildman–Crippen MR) is 79.5 cm³/mol. The Morgan fingerprint density at radius 2 is 1.90 bits per heavy atom. The summed E-state index contributed by atoms with van der Waals surface area (Å²) in [6.45, 7) is 2.77. The van der Waals surface area contributed by atoms with Crippen LogP contribution in [0.3, 0.4) is 0 Å². The number of ether oxygens (including phenoxy) is 2. The van der Waals surface area contributed by atoms with Crippen molar-refractivity contribution in [3.05, 3.63) is 0 Å². The van der Waals surface area contributed by atoms with Gasteiger partial charge in [-0.1, -0.05) is 0 Å². The van der Waals surface area contributed by atoms with Crippen LogP contribution in [0.25, 0.3) is 0 Å². The molecule has 1 aliphatic rings. The first-order valence-corrected chi connectivity index (χ1v) is 7.81. The molecule has 0 aromatic carbocycles. The molecule has 1 rings (SSSR count). The van der Waals surface area contributed by atoms with Crippen molar-refractivity contribution < 1.29 is 14.3 Å². The number of hydrogen-bond acceptors (Lipinski definition) is 4. The maximum absolute atomic E-state index is 11.8. The monoisotopic (exact) mass is 286 g/mol. The minimum atomic E-state index is 0.186. The lowest BCUT2D eigenvalue weighted by atomic mass is 9.84. The molecule has 0 atom stereocenters. The van der Waals surface area contributed by atoms with Gasteiger partial charge in [0.1, 0.15) is 0 Å². The second-order valence-electron chi connectivity index (χ2n) is 5.65. The Labute approximate surface area is 122 Å². The van der Waals surface area contributed by atoms with Crippen LogP contribution in [0.2, 0.25) is 0 Å². The molecule has 5 nitrogen and oxygen atoms in total. The molecule has 0 aromatic heterocycles. The van der Waals surface area contributed by atoms with Gasteiger partial charge in [-0.05, 0) is 44.4 Å². The van der Waals surface area contributed by atoms with Gasteiger partial charge in [0.05, 0.1) is 13.2 Å². The summed E-state index contributed by atoms with van der Waals surface area (Å²) in [4.78, 5) is 11.8. The third-order valence-corrected chi connectivity index (χ3v) is 3.83. The third-order valence-electron chi connectivity index (χ3n) is 3.83. The molecular weight excluding hydrogens is 256 g/mol. The quantitative estimate of drug-likeness (QED) is 0.596. The Morgan fingerprint density at radius 3 is 2.60 bits per heavy atom. The van der Waals surface area contributed by atoms with Gasteiger partial charge in [-0.25, -0.2) is 0 Å². The van der Waals surface area contributed by atoms with E-state index in [1.165, 1.54) is 0 Å². The van der Waals surface area contributed by atoms with Crippen LogP contribution >= 0.6 is 0 Å². The van der Waals surface area contributed by atoms with Crippen molar-refractivity contribution in [3.8, 4) is 0 Å². The maximum atomic E-state index is 11.8. The van der Waals surface area contributed by atoms with Gasteiger partial charge >= 0.3 is 0 Å². The predicted octanol–water partition coefficient (Wildman–Crippen LogP) is 1.45. The molecule has 3 N–H and O–H groups in total. The van der Waals surface area contributed by atoms with E-state index >= 15 is 0 Å². The normalized spacial score (nSPS) is 22.7. The Morgan fingerprint density at radius 1 is 1.15 bits per heavy atom. The van der Waals surface area contributed by atoms with Gasteiger partial charge in [-0.2, -0.15) is 0 Å². The Balaban J connectivity index is 1.90. The highest BCUT2D eigenvalue weighted by Crippen LogP contribution is 2.25. The second-order valence-corrected chi connectivity index (χ2v) is 5.65. The number of nitrogens with one attached hydrogen (secondary N) is 1. The van der Waals surface area contributed by atoms with Crippen LogP contribution in [-0.2, 0) is 14.3 Å². The number of carbonyl (C=O) groups is 1. The molecule has 0 aliphatic heterocycles. The molecule has 0 spiro atoms. The van der Waals surface area contributed by atoms with Crippen molar-refractivity contribution in [2.45, 2.75) is 51.0 Å². The highest BCUT2D eigenvalue weighted by Gasteiger charge is 2.20. The first-order valence-electron chi connectivity index (χ1n) is 7.81. The number of hydrogen-bond donors (Lipinski definition) is 2. The molecule has 1 aliphatic carbocycles. The molecule has 1 amide bonds. The van der Waals surface area contributed by atoms with Gasteiger partial charge in [-0.3, -0.25) is 4.79 Å². The zero-order valence-electron chi connectivity index (χ0n) is 12.7. The summed E-state index contributed by atoms with van der Waals surface area (Å²) < 4.78 is 10.3. The van der Waals surface area contributed by atoms with Crippen LogP contribution < -0.4 is 11.1 Å². The fraction of sp³-hybridized carbons (Fsp3) is 0.933. The van der Waals surface area contributed by atoms with Crippen LogP contribution in [0.1, 0.15) is 44.9 Å². The first-order chi connectivity index (χ1) is 9.72. The van der Waals surface area contributed by atoms with Gasteiger partial charge in [0, 0.05) is 32.7 Å². The van der Waals surface area contributed by atoms with Crippen LogP contribution in [-0.4, -0.2) is 45.4 Å². The molecule has 20 heavy (non-hydrogen) atoms. The summed E-state index contributed by atoms with van der Waals surface area (Å²) in [7, 11) is 1.67. The van der Waals surface area contributed by atoms with Gasteiger partial charge in [0.2, 0.25) is 5.91 Å². The summed E-state index contributed by atoms with van der Waals surface area (Å²) >= 11 is 0. The Kier molecular flexibility index (Phi) is 9.62. The lowest BCUT2D eigenvalue weighted by Crippen LogP contribution is -2.31. The van der Waals surface area contributed by atoms with Crippen LogP contribution in [0.4, 0.5) is 0 Å². The minimum absolute atomic E-state index is 0.186. The van der Waals surface area contributed by atoms with Gasteiger partial charge in [0.15, 0.2) is 0 Å². The average Bonchev–Trinajstić information content (AvgIpc) is 2.44. The van der Waals surface area contributed by atoms with Gasteiger partial charge in [0.25, 0.3) is 0 Å². The summed E-state index contributed by atoms with van der Waals surface area (Å²) in [5, 5.41) is 2.99. The second kappa shape index (κ2) is 11.1. The fourth-order valence-corrected chi connectivity index (χ4v) is 2.53. The number of rotatable bonds is 10. The maximum Gasteiger partial charge on any atom is 0.220 e. The standard InChI is InChI=1S/C15H30N2O3/c1-19-10-11-20-9-3-2-8-17-15(18)12-13-4-6-14(16)7-5-13/h13-14H,2-12,16H2,1H3,(H,17,18). The highest BCUT2D eigenvalue weighted by molar-refractivity contribution is 5.76. The summed E-state index contributed by atoms with van der Waals surface area (Å²) in [6.07, 6.45) is 6.94. The number of nitrogens with two attached hydrogens (primary N) is 1. The van der Waals surface area contributed by atoms with Crippen LogP contribution in [0, 0.1) is 5.92 Å². The molecule has 1 saturated carbocycles. The molecular formula is C15H30N2O3. The first kappa shape index (κ1) is 17.4. The Bertz CT molecular complexity index is 254. The molecule has 0 unspecified atom stereocenters. The highest BCUT2D eigenvalue weighted by atomic mass is 16.5. The smallest absolute Gasteiger partial charge is 0.220 e. The van der Waals surface area contributed by atoms with E-state index in [1.807, 2.05) is 0 Å². The molecule has 0 bridgehead atoms. The van der Waals surface area contributed by atoms with E-state index in [9.17, 15) is 4.79 Å². The zero-order valence-corrected chi connectivity index (χ0v) is 12.7. The summed E-state index contributed by atoms with van der Waals surface area (Å²) in [6, 6.07) is 0.354. The van der Waals surface area contributed by atoms with Gasteiger partial charge < -0.3 is 20.5 Å². The van der Waals surface area contributed by atoms with E-state index in [2.05, 4.69) is 5.32 Å². The van der Waals surface area contributed by atoms with E-state index in [0.717, 1.165) is 51.7 Å². The van der Waals surface area contributed by atoms with E-state index in [0.29, 0.717) is 31.6 Å². The van der Waals surface area contributed by atoms with E-state index in [1.54, 1.807) is 7.11 Å². The molecule has 0 radical (unpaired) electrons. The van der Waals surface area contributed by atoms with Crippen molar-refractivity contribution in [2.24, 2.45) is 11.7 Å². The number of carbonyl (C=O) groups excluding carboxylic acids is 1. The van der Waals surface area contributed by atoms with Crippen molar-refractivity contribution in [1.29, 1.82) is 0 Å². The lowest BCUT2D eigenvalue weighted by molar-refractivity contribution is -0.122. The van der Waals surface area contributed by atoms with Crippen molar-refractivity contribution in [2.75, 3.05) is 33.5 Å². The fourth-order valence-electron chi connectivity index (χ4n) is 2.53. The van der Waals surface area contributed by atoms with Gasteiger partial charge in [-0.15, -0.1) is 0 Å². The van der Waals surface area contributed by atoms with E-state index in [4.69, 9.17) is 15.2 Å². The number of unbranched alkanes of at least 4 members (excludes halogenated alkanes) is 1. The molecule has 0 heterocycles. The van der Waals surface area contributed by atoms with Crippen LogP contribution in [0.5, 0.6) is 0 Å². The summed E-state index contributed by atoms with van der Waals surface area (Å²) in [5.41, 5.74) is 5.86. The number of amides is 1. The van der Waals surface area contributed by atoms with E-state index < -0.39 is 0 Å². The van der Waals surface area contributed by atoms with Crippen LogP contribution in [0.15, 0.2) is 0 Å². The van der Waals surface area contributed by atoms with Crippen molar-refractivity contribution in [3.63, 3.8) is 0 Å². The van der Waals surface area contributed by atoms with E-state index in [-0.39, 0.29) is 5.91 Å². The Hall–Kier alpha value is -0.650. The lowest BCUT2D eigenvalue weighted by Gasteiger charge is -2.25. The number of methoxy groups -OCH3 is 1.